The van der Waals surface area contributed by atoms with Crippen LogP contribution in [-0.2, 0) is 13.2 Å². The van der Waals surface area contributed by atoms with E-state index in [-0.39, 0.29) is 6.04 Å². The maximum Gasteiger partial charge on any atom is 0.416 e. The molecule has 0 bridgehead atoms. The highest BCUT2D eigenvalue weighted by Gasteiger charge is 2.32. The maximum atomic E-state index is 13.6. The Morgan fingerprint density at radius 3 is 2.38 bits per heavy atom. The molecule has 2 aromatic carbocycles. The monoisotopic (exact) mass is 550 g/mol. The Bertz CT molecular complexity index is 1500. The van der Waals surface area contributed by atoms with Crippen molar-refractivity contribution in [3.63, 3.8) is 0 Å². The van der Waals surface area contributed by atoms with Gasteiger partial charge in [0.2, 0.25) is 5.95 Å². The van der Waals surface area contributed by atoms with Crippen LogP contribution in [0.4, 0.5) is 29.7 Å². The molecule has 40 heavy (non-hydrogen) atoms. The number of hydrogen-bond donors (Lipinski definition) is 2. The second-order valence-corrected chi connectivity index (χ2v) is 9.71. The number of carbonyl (C=O) groups is 1. The maximum absolute atomic E-state index is 13.6. The first-order chi connectivity index (χ1) is 19.1. The first-order valence-corrected chi connectivity index (χ1v) is 12.9. The van der Waals surface area contributed by atoms with Crippen LogP contribution in [0.1, 0.15) is 24.1 Å². The van der Waals surface area contributed by atoms with E-state index in [2.05, 4.69) is 10.3 Å². The lowest BCUT2D eigenvalue weighted by Crippen LogP contribution is -2.49. The minimum atomic E-state index is -4.50. The molecule has 8 nitrogen and oxygen atoms in total. The topological polar surface area (TPSA) is 86.5 Å². The molecule has 11 heteroatoms. The Morgan fingerprint density at radius 2 is 1.70 bits per heavy atom. The number of anilines is 2. The average molecular weight is 551 g/mol. The predicted octanol–water partition coefficient (Wildman–Crippen LogP) is 6.14. The number of benzene rings is 2. The highest BCUT2D eigenvalue weighted by Crippen LogP contribution is 2.38. The number of carboxylic acid groups (broad SMARTS) is 1. The van der Waals surface area contributed by atoms with Crippen LogP contribution >= 0.6 is 0 Å². The summed E-state index contributed by atoms with van der Waals surface area (Å²) in [5, 5.41) is 12.7. The number of piperazine rings is 1. The second kappa shape index (κ2) is 10.9. The summed E-state index contributed by atoms with van der Waals surface area (Å²) in [4.78, 5) is 24.0. The van der Waals surface area contributed by atoms with Gasteiger partial charge >= 0.3 is 12.3 Å². The summed E-state index contributed by atoms with van der Waals surface area (Å²) in [7, 11) is 1.82. The van der Waals surface area contributed by atoms with E-state index in [0.717, 1.165) is 23.3 Å². The lowest BCUT2D eigenvalue weighted by molar-refractivity contribution is -0.137. The number of nitrogens with one attached hydrogen (secondary N) is 1. The van der Waals surface area contributed by atoms with Crippen LogP contribution < -0.4 is 10.2 Å². The van der Waals surface area contributed by atoms with Gasteiger partial charge in [-0.3, -0.25) is 0 Å². The van der Waals surface area contributed by atoms with Gasteiger partial charge in [-0.05, 0) is 36.8 Å². The molecule has 1 aliphatic heterocycles. The van der Waals surface area contributed by atoms with Gasteiger partial charge in [-0.2, -0.15) is 13.2 Å². The van der Waals surface area contributed by atoms with Crippen LogP contribution in [0.25, 0.3) is 22.5 Å². The summed E-state index contributed by atoms with van der Waals surface area (Å²) >= 11 is 0. The Kier molecular flexibility index (Phi) is 7.38. The first kappa shape index (κ1) is 27.0. The van der Waals surface area contributed by atoms with Crippen molar-refractivity contribution in [2.24, 2.45) is 7.05 Å². The zero-order valence-corrected chi connectivity index (χ0v) is 22.1. The standard InChI is InChI=1S/C29H29F3N6O2/c1-19(20-7-4-3-5-8-20)34-24-18-22(11-12-33-24)26-25(21-9-6-10-23(17-21)29(30,31)32)35-27(36(26)2)37-13-15-38(16-14-37)28(39)40/h3-12,17-19H,13-16H2,1-2H3,(H,33,34)(H,39,40). The van der Waals surface area contributed by atoms with Crippen molar-refractivity contribution in [1.29, 1.82) is 0 Å². The fourth-order valence-corrected chi connectivity index (χ4v) is 4.95. The van der Waals surface area contributed by atoms with Crippen molar-refractivity contribution in [2.75, 3.05) is 36.4 Å². The summed E-state index contributed by atoms with van der Waals surface area (Å²) < 4.78 is 42.6. The minimum Gasteiger partial charge on any atom is -0.465 e. The zero-order valence-electron chi connectivity index (χ0n) is 22.1. The van der Waals surface area contributed by atoms with E-state index in [1.807, 2.05) is 59.8 Å². The van der Waals surface area contributed by atoms with Crippen LogP contribution in [0.5, 0.6) is 0 Å². The van der Waals surface area contributed by atoms with E-state index in [1.54, 1.807) is 18.3 Å². The van der Waals surface area contributed by atoms with E-state index in [9.17, 15) is 23.1 Å². The van der Waals surface area contributed by atoms with Crippen molar-refractivity contribution < 1.29 is 23.1 Å². The summed E-state index contributed by atoms with van der Waals surface area (Å²) in [5.74, 6) is 1.16. The summed E-state index contributed by atoms with van der Waals surface area (Å²) in [5.41, 5.74) is 2.43. The van der Waals surface area contributed by atoms with Gasteiger partial charge in [-0.1, -0.05) is 42.5 Å². The number of nitrogens with zero attached hydrogens (tertiary/aromatic N) is 5. The molecule has 4 aromatic rings. The van der Waals surface area contributed by atoms with Crippen molar-refractivity contribution in [2.45, 2.75) is 19.1 Å². The SMILES string of the molecule is CC(Nc1cc(-c2c(-c3cccc(C(F)(F)F)c3)nc(N3CCN(C(=O)O)CC3)n2C)ccn1)c1ccccc1. The van der Waals surface area contributed by atoms with Crippen LogP contribution in [-0.4, -0.2) is 56.8 Å². The van der Waals surface area contributed by atoms with Crippen LogP contribution in [0.3, 0.4) is 0 Å². The van der Waals surface area contributed by atoms with Gasteiger partial charge in [0.05, 0.1) is 17.0 Å². The number of aromatic nitrogens is 3. The van der Waals surface area contributed by atoms with Crippen molar-refractivity contribution in [3.8, 4) is 22.5 Å². The summed E-state index contributed by atoms with van der Waals surface area (Å²) in [6.07, 6.45) is -3.82. The number of halogens is 3. The molecule has 1 aliphatic rings. The largest absolute Gasteiger partial charge is 0.465 e. The van der Waals surface area contributed by atoms with Gasteiger partial charge in [-0.15, -0.1) is 0 Å². The average Bonchev–Trinajstić information content (AvgIpc) is 3.30. The van der Waals surface area contributed by atoms with E-state index in [1.165, 1.54) is 11.0 Å². The van der Waals surface area contributed by atoms with E-state index in [0.29, 0.717) is 54.9 Å². The lowest BCUT2D eigenvalue weighted by Gasteiger charge is -2.33. The molecule has 5 rings (SSSR count). The van der Waals surface area contributed by atoms with Crippen molar-refractivity contribution >= 4 is 17.9 Å². The Hall–Kier alpha value is -4.54. The van der Waals surface area contributed by atoms with Crippen LogP contribution in [0.15, 0.2) is 72.9 Å². The van der Waals surface area contributed by atoms with Crippen molar-refractivity contribution in [3.05, 3.63) is 84.1 Å². The summed E-state index contributed by atoms with van der Waals surface area (Å²) in [6.45, 7) is 3.46. The Balaban J connectivity index is 1.56. The van der Waals surface area contributed by atoms with E-state index >= 15 is 0 Å². The number of pyridine rings is 1. The van der Waals surface area contributed by atoms with Crippen LogP contribution in [0, 0.1) is 0 Å². The third-order valence-electron chi connectivity index (χ3n) is 7.07. The first-order valence-electron chi connectivity index (χ1n) is 12.9. The molecular formula is C29H29F3N6O2. The number of imidazole rings is 1. The molecule has 1 fully saturated rings. The molecule has 2 N–H and O–H groups in total. The van der Waals surface area contributed by atoms with Gasteiger partial charge in [0, 0.05) is 56.6 Å². The van der Waals surface area contributed by atoms with Crippen LogP contribution in [0.2, 0.25) is 0 Å². The molecule has 2 aromatic heterocycles. The van der Waals surface area contributed by atoms with Gasteiger partial charge in [-0.25, -0.2) is 14.8 Å². The molecule has 1 unspecified atom stereocenters. The Labute approximate surface area is 229 Å². The fourth-order valence-electron chi connectivity index (χ4n) is 4.95. The minimum absolute atomic E-state index is 0.0282. The van der Waals surface area contributed by atoms with Gasteiger partial charge in [0.15, 0.2) is 0 Å². The third-order valence-corrected chi connectivity index (χ3v) is 7.07. The third kappa shape index (κ3) is 5.58. The molecule has 0 radical (unpaired) electrons. The predicted molar refractivity (Wildman–Crippen MR) is 147 cm³/mol. The molecule has 1 saturated heterocycles. The molecular weight excluding hydrogens is 521 g/mol. The van der Waals surface area contributed by atoms with Gasteiger partial charge < -0.3 is 24.8 Å². The molecule has 0 spiro atoms. The second-order valence-electron chi connectivity index (χ2n) is 9.71. The number of alkyl halides is 3. The molecule has 0 saturated carbocycles. The lowest BCUT2D eigenvalue weighted by atomic mass is 10.0. The normalized spacial score (nSPS) is 14.7. The fraction of sp³-hybridized carbons (Fsp3) is 0.276. The number of hydrogen-bond acceptors (Lipinski definition) is 5. The van der Waals surface area contributed by atoms with E-state index < -0.39 is 17.8 Å². The Morgan fingerprint density at radius 1 is 0.975 bits per heavy atom. The summed E-state index contributed by atoms with van der Waals surface area (Å²) in [6, 6.07) is 18.7. The molecule has 1 amide bonds. The van der Waals surface area contributed by atoms with Crippen molar-refractivity contribution in [1.82, 2.24) is 19.4 Å². The highest BCUT2D eigenvalue weighted by atomic mass is 19.4. The van der Waals surface area contributed by atoms with Gasteiger partial charge in [0.1, 0.15) is 5.82 Å². The van der Waals surface area contributed by atoms with Gasteiger partial charge in [0.25, 0.3) is 0 Å². The molecule has 0 aliphatic carbocycles. The quantitative estimate of drug-likeness (QED) is 0.300. The molecule has 208 valence electrons. The number of rotatable bonds is 6. The van der Waals surface area contributed by atoms with E-state index in [4.69, 9.17) is 4.98 Å². The number of amides is 1. The molecule has 1 atom stereocenters. The molecule has 3 heterocycles. The zero-order chi connectivity index (χ0) is 28.4. The highest BCUT2D eigenvalue weighted by molar-refractivity contribution is 5.82. The smallest absolute Gasteiger partial charge is 0.416 e.